The second-order valence-corrected chi connectivity index (χ2v) is 7.68. The van der Waals surface area contributed by atoms with Crippen LogP contribution >= 0.6 is 0 Å². The summed E-state index contributed by atoms with van der Waals surface area (Å²) in [5.41, 5.74) is 2.11. The Hall–Kier alpha value is -4.52. The lowest BCUT2D eigenvalue weighted by atomic mass is 10.0. The molecule has 0 aliphatic carbocycles. The van der Waals surface area contributed by atoms with E-state index in [0.717, 1.165) is 0 Å². The van der Waals surface area contributed by atoms with Gasteiger partial charge in [0.05, 0.1) is 38.2 Å². The zero-order chi connectivity index (χ0) is 24.9. The first kappa shape index (κ1) is 23.6. The first-order chi connectivity index (χ1) is 17.0. The van der Waals surface area contributed by atoms with Crippen LogP contribution in [0.5, 0.6) is 23.0 Å². The Bertz CT molecular complexity index is 1330. The van der Waals surface area contributed by atoms with Crippen molar-refractivity contribution in [2.45, 2.75) is 6.92 Å². The van der Waals surface area contributed by atoms with E-state index in [0.29, 0.717) is 39.9 Å². The number of rotatable bonds is 7. The number of carbonyl (C=O) groups excluding carboxylic acids is 2. The minimum atomic E-state index is -0.596. The van der Waals surface area contributed by atoms with E-state index in [9.17, 15) is 9.59 Å². The normalized spacial score (nSPS) is 14.3. The topological polar surface area (TPSA) is 74.3 Å². The van der Waals surface area contributed by atoms with Crippen molar-refractivity contribution in [3.8, 4) is 23.0 Å². The summed E-state index contributed by atoms with van der Waals surface area (Å²) in [6, 6.07) is 21.8. The Morgan fingerprint density at radius 2 is 1.54 bits per heavy atom. The molecule has 1 heterocycles. The molecule has 7 heteroatoms. The highest BCUT2D eigenvalue weighted by molar-refractivity contribution is 6.23. The van der Waals surface area contributed by atoms with E-state index in [1.807, 2.05) is 48.5 Å². The molecule has 3 aromatic rings. The molecule has 0 bridgehead atoms. The Kier molecular flexibility index (Phi) is 6.87. The van der Waals surface area contributed by atoms with E-state index in [4.69, 9.17) is 18.9 Å². The van der Waals surface area contributed by atoms with Gasteiger partial charge in [0.1, 0.15) is 11.5 Å². The number of anilines is 1. The molecule has 4 rings (SSSR count). The predicted octanol–water partition coefficient (Wildman–Crippen LogP) is 5.37. The molecule has 7 nitrogen and oxygen atoms in total. The van der Waals surface area contributed by atoms with E-state index < -0.39 is 5.97 Å². The molecule has 1 amide bonds. The molecule has 178 valence electrons. The third-order valence-electron chi connectivity index (χ3n) is 5.56. The summed E-state index contributed by atoms with van der Waals surface area (Å²) in [5, 5.41) is 0. The molecule has 0 atom stereocenters. The van der Waals surface area contributed by atoms with Crippen molar-refractivity contribution in [2.24, 2.45) is 0 Å². The van der Waals surface area contributed by atoms with Gasteiger partial charge in [0.25, 0.3) is 5.91 Å². The van der Waals surface area contributed by atoms with Gasteiger partial charge in [-0.25, -0.2) is 4.79 Å². The molecule has 1 aliphatic heterocycles. The first-order valence-electron chi connectivity index (χ1n) is 10.9. The second kappa shape index (κ2) is 10.2. The van der Waals surface area contributed by atoms with Gasteiger partial charge in [-0.3, -0.25) is 9.69 Å². The van der Waals surface area contributed by atoms with Crippen LogP contribution < -0.4 is 19.1 Å². The van der Waals surface area contributed by atoms with Crippen LogP contribution in [0.2, 0.25) is 0 Å². The third kappa shape index (κ3) is 4.75. The molecule has 0 aromatic heterocycles. The molecule has 0 N–H and O–H groups in total. The molecule has 1 aliphatic rings. The molecular formula is C28H25NO6. The number of para-hydroxylation sites is 1. The number of hydrogen-bond acceptors (Lipinski definition) is 6. The summed E-state index contributed by atoms with van der Waals surface area (Å²) in [6.07, 6.45) is 1.66. The SMILES string of the molecule is COC(=O)C1=C(C)N(c2ccc(OC)c(OC)c2)C(=O)/C1=C\c1cccc(Oc2ccccc2)c1. The highest BCUT2D eigenvalue weighted by Crippen LogP contribution is 2.39. The smallest absolute Gasteiger partial charge is 0.340 e. The van der Waals surface area contributed by atoms with Gasteiger partial charge in [0, 0.05) is 11.8 Å². The fraction of sp³-hybridized carbons (Fsp3) is 0.143. The number of carbonyl (C=O) groups is 2. The minimum Gasteiger partial charge on any atom is -0.493 e. The fourth-order valence-corrected chi connectivity index (χ4v) is 3.91. The van der Waals surface area contributed by atoms with Gasteiger partial charge in [-0.2, -0.15) is 0 Å². The number of ether oxygens (including phenoxy) is 4. The van der Waals surface area contributed by atoms with Gasteiger partial charge < -0.3 is 18.9 Å². The molecular weight excluding hydrogens is 446 g/mol. The van der Waals surface area contributed by atoms with Crippen molar-refractivity contribution in [3.05, 3.63) is 95.2 Å². The maximum absolute atomic E-state index is 13.6. The van der Waals surface area contributed by atoms with Gasteiger partial charge in [-0.05, 0) is 55.0 Å². The van der Waals surface area contributed by atoms with Gasteiger partial charge >= 0.3 is 5.97 Å². The number of nitrogens with zero attached hydrogens (tertiary/aromatic N) is 1. The summed E-state index contributed by atoms with van der Waals surface area (Å²) in [5.74, 6) is 1.34. The number of methoxy groups -OCH3 is 3. The third-order valence-corrected chi connectivity index (χ3v) is 5.56. The van der Waals surface area contributed by atoms with Gasteiger partial charge in [-0.1, -0.05) is 30.3 Å². The molecule has 0 saturated carbocycles. The predicted molar refractivity (Wildman–Crippen MR) is 133 cm³/mol. The largest absolute Gasteiger partial charge is 0.493 e. The Balaban J connectivity index is 1.74. The molecule has 0 radical (unpaired) electrons. The summed E-state index contributed by atoms with van der Waals surface area (Å²) in [6.45, 7) is 1.70. The number of esters is 1. The van der Waals surface area contributed by atoms with E-state index in [1.54, 1.807) is 37.3 Å². The van der Waals surface area contributed by atoms with Crippen LogP contribution in [-0.4, -0.2) is 33.2 Å². The maximum atomic E-state index is 13.6. The van der Waals surface area contributed by atoms with E-state index in [-0.39, 0.29) is 17.1 Å². The fourth-order valence-electron chi connectivity index (χ4n) is 3.91. The van der Waals surface area contributed by atoms with Crippen molar-refractivity contribution < 1.29 is 28.5 Å². The molecule has 35 heavy (non-hydrogen) atoms. The van der Waals surface area contributed by atoms with Gasteiger partial charge in [0.15, 0.2) is 11.5 Å². The van der Waals surface area contributed by atoms with Crippen molar-refractivity contribution in [3.63, 3.8) is 0 Å². The molecule has 0 unspecified atom stereocenters. The first-order valence-corrected chi connectivity index (χ1v) is 10.9. The number of hydrogen-bond donors (Lipinski definition) is 0. The average molecular weight is 472 g/mol. The number of benzene rings is 3. The molecule has 0 fully saturated rings. The number of allylic oxidation sites excluding steroid dienone is 1. The van der Waals surface area contributed by atoms with Crippen LogP contribution in [0.3, 0.4) is 0 Å². The van der Waals surface area contributed by atoms with Gasteiger partial charge in [-0.15, -0.1) is 0 Å². The van der Waals surface area contributed by atoms with Crippen molar-refractivity contribution >= 4 is 23.6 Å². The van der Waals surface area contributed by atoms with E-state index in [2.05, 4.69) is 0 Å². The van der Waals surface area contributed by atoms with Gasteiger partial charge in [0.2, 0.25) is 0 Å². The molecule has 3 aromatic carbocycles. The lowest BCUT2D eigenvalue weighted by Crippen LogP contribution is -2.24. The standard InChI is InChI=1S/C28H25NO6/c1-18-26(28(31)34-4)23(27(30)29(18)20-13-14-24(32-2)25(17-20)33-3)16-19-9-8-12-22(15-19)35-21-10-6-5-7-11-21/h5-17H,1-4H3/b23-16-. The van der Waals surface area contributed by atoms with Crippen molar-refractivity contribution in [1.29, 1.82) is 0 Å². The van der Waals surface area contributed by atoms with Crippen molar-refractivity contribution in [1.82, 2.24) is 0 Å². The zero-order valence-electron chi connectivity index (χ0n) is 19.9. The monoisotopic (exact) mass is 471 g/mol. The van der Waals surface area contributed by atoms with Crippen molar-refractivity contribution in [2.75, 3.05) is 26.2 Å². The lowest BCUT2D eigenvalue weighted by molar-refractivity contribution is -0.136. The van der Waals surface area contributed by atoms with Crippen LogP contribution in [0, 0.1) is 0 Å². The summed E-state index contributed by atoms with van der Waals surface area (Å²) >= 11 is 0. The van der Waals surface area contributed by atoms with Crippen LogP contribution in [-0.2, 0) is 14.3 Å². The summed E-state index contributed by atoms with van der Waals surface area (Å²) < 4.78 is 21.6. The Labute approximate surface area is 203 Å². The Morgan fingerprint density at radius 1 is 0.829 bits per heavy atom. The number of amides is 1. The highest BCUT2D eigenvalue weighted by atomic mass is 16.5. The molecule has 0 spiro atoms. The van der Waals surface area contributed by atoms with Crippen LogP contribution in [0.4, 0.5) is 5.69 Å². The Morgan fingerprint density at radius 3 is 2.23 bits per heavy atom. The maximum Gasteiger partial charge on any atom is 0.340 e. The van der Waals surface area contributed by atoms with E-state index in [1.165, 1.54) is 26.2 Å². The van der Waals surface area contributed by atoms with Crippen LogP contribution in [0.1, 0.15) is 12.5 Å². The second-order valence-electron chi connectivity index (χ2n) is 7.68. The summed E-state index contributed by atoms with van der Waals surface area (Å²) in [4.78, 5) is 27.8. The molecule has 0 saturated heterocycles. The van der Waals surface area contributed by atoms with Crippen LogP contribution in [0.15, 0.2) is 89.6 Å². The summed E-state index contributed by atoms with van der Waals surface area (Å²) in [7, 11) is 4.35. The highest BCUT2D eigenvalue weighted by Gasteiger charge is 2.38. The lowest BCUT2D eigenvalue weighted by Gasteiger charge is -2.19. The minimum absolute atomic E-state index is 0.196. The quantitative estimate of drug-likeness (QED) is 0.341. The van der Waals surface area contributed by atoms with E-state index >= 15 is 0 Å². The van der Waals surface area contributed by atoms with Crippen LogP contribution in [0.25, 0.3) is 6.08 Å². The average Bonchev–Trinajstić information content (AvgIpc) is 3.12. The zero-order valence-corrected chi connectivity index (χ0v) is 19.9.